The van der Waals surface area contributed by atoms with Crippen molar-refractivity contribution in [1.82, 2.24) is 10.2 Å². The van der Waals surface area contributed by atoms with Gasteiger partial charge < -0.3 is 10.2 Å². The van der Waals surface area contributed by atoms with Crippen LogP contribution in [0.5, 0.6) is 0 Å². The van der Waals surface area contributed by atoms with Crippen LogP contribution in [0.2, 0.25) is 0 Å². The van der Waals surface area contributed by atoms with E-state index in [9.17, 15) is 0 Å². The molecule has 1 aliphatic rings. The van der Waals surface area contributed by atoms with Gasteiger partial charge in [0.05, 0.1) is 6.17 Å². The number of hydrogen-bond acceptors (Lipinski definition) is 2. The van der Waals surface area contributed by atoms with Gasteiger partial charge in [0.1, 0.15) is 0 Å². The summed E-state index contributed by atoms with van der Waals surface area (Å²) in [6, 6.07) is 0. The highest BCUT2D eigenvalue weighted by Crippen LogP contribution is 2.08. The molecule has 0 saturated carbocycles. The van der Waals surface area contributed by atoms with E-state index in [0.29, 0.717) is 6.17 Å². The third-order valence-corrected chi connectivity index (χ3v) is 1.92. The summed E-state index contributed by atoms with van der Waals surface area (Å²) in [7, 11) is 2.11. The first-order valence-electron chi connectivity index (χ1n) is 3.99. The van der Waals surface area contributed by atoms with Crippen molar-refractivity contribution < 1.29 is 0 Å². The predicted molar refractivity (Wildman–Crippen MR) is 43.4 cm³/mol. The summed E-state index contributed by atoms with van der Waals surface area (Å²) in [6.07, 6.45) is 8.50. The van der Waals surface area contributed by atoms with Crippen molar-refractivity contribution in [2.75, 3.05) is 7.05 Å². The van der Waals surface area contributed by atoms with E-state index in [1.807, 2.05) is 6.20 Å². The summed E-state index contributed by atoms with van der Waals surface area (Å²) in [4.78, 5) is 2.22. The van der Waals surface area contributed by atoms with E-state index in [2.05, 4.69) is 30.4 Å². The largest absolute Gasteiger partial charge is 0.370 e. The second-order valence-corrected chi connectivity index (χ2v) is 2.81. The summed E-state index contributed by atoms with van der Waals surface area (Å²) >= 11 is 0. The Morgan fingerprint density at radius 2 is 2.40 bits per heavy atom. The normalized spacial score (nSPS) is 23.4. The summed E-state index contributed by atoms with van der Waals surface area (Å²) < 4.78 is 0. The van der Waals surface area contributed by atoms with Crippen LogP contribution in [0.25, 0.3) is 0 Å². The Morgan fingerprint density at radius 1 is 1.60 bits per heavy atom. The summed E-state index contributed by atoms with van der Waals surface area (Å²) in [5.74, 6) is 0. The molecule has 10 heavy (non-hydrogen) atoms. The molecule has 0 amide bonds. The lowest BCUT2D eigenvalue weighted by Gasteiger charge is -2.20. The second-order valence-electron chi connectivity index (χ2n) is 2.81. The maximum absolute atomic E-state index is 3.29. The van der Waals surface area contributed by atoms with Gasteiger partial charge in [0, 0.05) is 19.4 Å². The first-order valence-corrected chi connectivity index (χ1v) is 3.99. The average Bonchev–Trinajstić information content (AvgIpc) is 2.31. The lowest BCUT2D eigenvalue weighted by molar-refractivity contribution is 0.306. The van der Waals surface area contributed by atoms with Crippen LogP contribution in [0, 0.1) is 0 Å². The topological polar surface area (TPSA) is 15.3 Å². The maximum Gasteiger partial charge on any atom is 0.0978 e. The van der Waals surface area contributed by atoms with Crippen LogP contribution >= 0.6 is 0 Å². The van der Waals surface area contributed by atoms with E-state index in [0.717, 1.165) is 0 Å². The van der Waals surface area contributed by atoms with Crippen molar-refractivity contribution >= 4 is 0 Å². The van der Waals surface area contributed by atoms with Crippen molar-refractivity contribution in [3.8, 4) is 0 Å². The molecule has 0 aliphatic carbocycles. The van der Waals surface area contributed by atoms with E-state index in [4.69, 9.17) is 0 Å². The van der Waals surface area contributed by atoms with Crippen LogP contribution in [0.15, 0.2) is 12.4 Å². The summed E-state index contributed by atoms with van der Waals surface area (Å²) in [5.41, 5.74) is 0. The average molecular weight is 140 g/mol. The monoisotopic (exact) mass is 140 g/mol. The Hall–Kier alpha value is -0.660. The van der Waals surface area contributed by atoms with E-state index >= 15 is 0 Å². The standard InChI is InChI=1S/C8H16N2/c1-3-4-5-8-9-6-7-10(8)2/h6-9H,3-5H2,1-2H3. The molecular formula is C8H16N2. The van der Waals surface area contributed by atoms with Gasteiger partial charge in [-0.3, -0.25) is 0 Å². The van der Waals surface area contributed by atoms with Crippen LogP contribution in [0.3, 0.4) is 0 Å². The molecule has 0 bridgehead atoms. The number of hydrogen-bond donors (Lipinski definition) is 1. The van der Waals surface area contributed by atoms with Crippen molar-refractivity contribution in [2.24, 2.45) is 0 Å². The number of nitrogens with zero attached hydrogens (tertiary/aromatic N) is 1. The maximum atomic E-state index is 3.29. The van der Waals surface area contributed by atoms with Crippen molar-refractivity contribution in [3.05, 3.63) is 12.4 Å². The molecule has 1 atom stereocenters. The summed E-state index contributed by atoms with van der Waals surface area (Å²) in [5, 5.41) is 3.29. The van der Waals surface area contributed by atoms with Crippen LogP contribution < -0.4 is 5.32 Å². The van der Waals surface area contributed by atoms with Gasteiger partial charge in [0.15, 0.2) is 0 Å². The van der Waals surface area contributed by atoms with Crippen molar-refractivity contribution in [3.63, 3.8) is 0 Å². The van der Waals surface area contributed by atoms with Gasteiger partial charge in [-0.1, -0.05) is 13.3 Å². The minimum Gasteiger partial charge on any atom is -0.370 e. The highest BCUT2D eigenvalue weighted by molar-refractivity contribution is 4.91. The highest BCUT2D eigenvalue weighted by atomic mass is 15.3. The Labute approximate surface area is 62.9 Å². The molecule has 1 aliphatic heterocycles. The lowest BCUT2D eigenvalue weighted by atomic mass is 10.2. The van der Waals surface area contributed by atoms with Crippen molar-refractivity contribution in [1.29, 1.82) is 0 Å². The smallest absolute Gasteiger partial charge is 0.0978 e. The summed E-state index contributed by atoms with van der Waals surface area (Å²) in [6.45, 7) is 2.22. The third kappa shape index (κ3) is 1.66. The molecule has 58 valence electrons. The van der Waals surface area contributed by atoms with Gasteiger partial charge in [-0.25, -0.2) is 0 Å². The van der Waals surface area contributed by atoms with Gasteiger partial charge in [-0.2, -0.15) is 0 Å². The molecule has 1 N–H and O–H groups in total. The molecule has 0 aromatic carbocycles. The first-order chi connectivity index (χ1) is 4.84. The van der Waals surface area contributed by atoms with Crippen LogP contribution in [-0.2, 0) is 0 Å². The zero-order chi connectivity index (χ0) is 7.40. The second kappa shape index (κ2) is 3.49. The van der Waals surface area contributed by atoms with Crippen molar-refractivity contribution in [2.45, 2.75) is 32.4 Å². The van der Waals surface area contributed by atoms with Crippen LogP contribution in [-0.4, -0.2) is 18.1 Å². The van der Waals surface area contributed by atoms with Gasteiger partial charge >= 0.3 is 0 Å². The van der Waals surface area contributed by atoms with Gasteiger partial charge in [0.2, 0.25) is 0 Å². The molecule has 1 heterocycles. The SMILES string of the molecule is CCCCC1NC=CN1C. The number of unbranched alkanes of at least 4 members (excludes halogenated alkanes) is 1. The van der Waals surface area contributed by atoms with E-state index in [1.54, 1.807) is 0 Å². The molecule has 0 spiro atoms. The fourth-order valence-corrected chi connectivity index (χ4v) is 1.18. The minimum atomic E-state index is 0.556. The molecular weight excluding hydrogens is 124 g/mol. The van der Waals surface area contributed by atoms with E-state index in [-0.39, 0.29) is 0 Å². The third-order valence-electron chi connectivity index (χ3n) is 1.92. The van der Waals surface area contributed by atoms with E-state index in [1.165, 1.54) is 19.3 Å². The molecule has 0 saturated heterocycles. The Balaban J connectivity index is 2.17. The predicted octanol–water partition coefficient (Wildman–Crippen LogP) is 1.51. The van der Waals surface area contributed by atoms with E-state index < -0.39 is 0 Å². The Bertz CT molecular complexity index is 120. The van der Waals surface area contributed by atoms with Crippen LogP contribution in [0.4, 0.5) is 0 Å². The molecule has 1 rings (SSSR count). The Kier molecular flexibility index (Phi) is 2.60. The molecule has 2 heteroatoms. The van der Waals surface area contributed by atoms with Gasteiger partial charge in [-0.15, -0.1) is 0 Å². The number of nitrogens with one attached hydrogen (secondary N) is 1. The Morgan fingerprint density at radius 3 is 2.90 bits per heavy atom. The highest BCUT2D eigenvalue weighted by Gasteiger charge is 2.12. The minimum absolute atomic E-state index is 0.556. The fraction of sp³-hybridized carbons (Fsp3) is 0.750. The molecule has 0 aromatic rings. The quantitative estimate of drug-likeness (QED) is 0.639. The van der Waals surface area contributed by atoms with Gasteiger partial charge in [-0.05, 0) is 12.8 Å². The molecule has 2 nitrogen and oxygen atoms in total. The first kappa shape index (κ1) is 7.45. The molecule has 0 aromatic heterocycles. The molecule has 1 unspecified atom stereocenters. The zero-order valence-corrected chi connectivity index (χ0v) is 6.80. The zero-order valence-electron chi connectivity index (χ0n) is 6.80. The van der Waals surface area contributed by atoms with Crippen LogP contribution in [0.1, 0.15) is 26.2 Å². The number of rotatable bonds is 3. The van der Waals surface area contributed by atoms with Gasteiger partial charge in [0.25, 0.3) is 0 Å². The lowest BCUT2D eigenvalue weighted by Crippen LogP contribution is -2.32. The molecule has 0 radical (unpaired) electrons. The fourth-order valence-electron chi connectivity index (χ4n) is 1.18. The molecule has 0 fully saturated rings.